The van der Waals surface area contributed by atoms with Crippen molar-refractivity contribution in [2.45, 2.75) is 13.8 Å². The molecule has 1 aliphatic heterocycles. The highest BCUT2D eigenvalue weighted by Gasteiger charge is 2.37. The van der Waals surface area contributed by atoms with Crippen LogP contribution in [0.15, 0.2) is 72.3 Å². The molecule has 0 radical (unpaired) electrons. The SMILES string of the molecule is CCOc1ccc(N2C(=O)NC(=O)/C(=C\c3ccc(OC)cc3OCC(=O)Nc3cccc(C)c3)C2=O)cc1. The Hall–Kier alpha value is -5.12. The minimum Gasteiger partial charge on any atom is -0.497 e. The van der Waals surface area contributed by atoms with E-state index >= 15 is 0 Å². The molecule has 1 fully saturated rings. The molecule has 0 bridgehead atoms. The predicted molar refractivity (Wildman–Crippen MR) is 145 cm³/mol. The summed E-state index contributed by atoms with van der Waals surface area (Å²) in [5.41, 5.74) is 1.92. The van der Waals surface area contributed by atoms with Gasteiger partial charge in [-0.1, -0.05) is 12.1 Å². The number of aryl methyl sites for hydroxylation is 1. The van der Waals surface area contributed by atoms with Crippen LogP contribution in [0.3, 0.4) is 0 Å². The van der Waals surface area contributed by atoms with E-state index in [9.17, 15) is 19.2 Å². The number of nitrogens with one attached hydrogen (secondary N) is 2. The summed E-state index contributed by atoms with van der Waals surface area (Å²) in [6, 6.07) is 17.5. The normalized spacial score (nSPS) is 14.2. The number of imide groups is 2. The van der Waals surface area contributed by atoms with Gasteiger partial charge in [-0.3, -0.25) is 19.7 Å². The van der Waals surface area contributed by atoms with E-state index < -0.39 is 23.8 Å². The molecule has 0 saturated carbocycles. The van der Waals surface area contributed by atoms with Gasteiger partial charge in [0.25, 0.3) is 17.7 Å². The molecule has 4 rings (SSSR count). The van der Waals surface area contributed by atoms with Gasteiger partial charge in [0.1, 0.15) is 22.8 Å². The second-order valence-electron chi connectivity index (χ2n) is 8.49. The van der Waals surface area contributed by atoms with Gasteiger partial charge in [0, 0.05) is 17.3 Å². The van der Waals surface area contributed by atoms with Gasteiger partial charge in [0.15, 0.2) is 6.61 Å². The summed E-state index contributed by atoms with van der Waals surface area (Å²) in [5, 5.41) is 4.95. The van der Waals surface area contributed by atoms with Crippen LogP contribution in [0.5, 0.6) is 17.2 Å². The van der Waals surface area contributed by atoms with E-state index in [0.29, 0.717) is 29.4 Å². The second-order valence-corrected chi connectivity index (χ2v) is 8.49. The molecule has 3 aromatic rings. The topological polar surface area (TPSA) is 123 Å². The van der Waals surface area contributed by atoms with Crippen LogP contribution in [0.2, 0.25) is 0 Å². The first-order valence-electron chi connectivity index (χ1n) is 12.1. The number of methoxy groups -OCH3 is 1. The third kappa shape index (κ3) is 6.42. The number of urea groups is 1. The molecule has 10 heteroatoms. The van der Waals surface area contributed by atoms with Crippen molar-refractivity contribution in [3.8, 4) is 17.2 Å². The summed E-state index contributed by atoms with van der Waals surface area (Å²) < 4.78 is 16.4. The van der Waals surface area contributed by atoms with Crippen molar-refractivity contribution in [2.24, 2.45) is 0 Å². The number of ether oxygens (including phenoxy) is 3. The maximum atomic E-state index is 13.3. The van der Waals surface area contributed by atoms with Crippen LogP contribution in [-0.2, 0) is 14.4 Å². The van der Waals surface area contributed by atoms with Crippen LogP contribution >= 0.6 is 0 Å². The molecule has 3 aromatic carbocycles. The highest BCUT2D eigenvalue weighted by atomic mass is 16.5. The summed E-state index contributed by atoms with van der Waals surface area (Å²) in [7, 11) is 1.47. The minimum atomic E-state index is -0.870. The van der Waals surface area contributed by atoms with Crippen molar-refractivity contribution in [2.75, 3.05) is 30.5 Å². The van der Waals surface area contributed by atoms with Crippen molar-refractivity contribution in [3.63, 3.8) is 0 Å². The lowest BCUT2D eigenvalue weighted by molar-refractivity contribution is -0.122. The molecule has 2 N–H and O–H groups in total. The molecule has 1 aliphatic rings. The standard InChI is InChI=1S/C29H27N3O7/c1-4-38-22-12-9-21(10-13-22)32-28(35)24(27(34)31-29(32)36)15-19-8-11-23(37-3)16-25(19)39-17-26(33)30-20-7-5-6-18(2)14-20/h5-16H,4,17H2,1-3H3,(H,30,33)(H,31,34,36)/b24-15+. The fraction of sp³-hybridized carbons (Fsp3) is 0.172. The van der Waals surface area contributed by atoms with Crippen LogP contribution < -0.4 is 29.7 Å². The molecule has 0 unspecified atom stereocenters. The van der Waals surface area contributed by atoms with E-state index in [1.165, 1.54) is 19.3 Å². The van der Waals surface area contributed by atoms with E-state index in [-0.39, 0.29) is 23.6 Å². The average molecular weight is 530 g/mol. The average Bonchev–Trinajstić information content (AvgIpc) is 2.91. The van der Waals surface area contributed by atoms with E-state index in [0.717, 1.165) is 10.5 Å². The zero-order chi connectivity index (χ0) is 27.9. The molecule has 1 heterocycles. The van der Waals surface area contributed by atoms with Gasteiger partial charge in [0.2, 0.25) is 0 Å². The number of nitrogens with zero attached hydrogens (tertiary/aromatic N) is 1. The zero-order valence-corrected chi connectivity index (χ0v) is 21.6. The maximum absolute atomic E-state index is 13.3. The lowest BCUT2D eigenvalue weighted by atomic mass is 10.1. The summed E-state index contributed by atoms with van der Waals surface area (Å²) in [4.78, 5) is 51.9. The molecular formula is C29H27N3O7. The first-order chi connectivity index (χ1) is 18.8. The number of hydrogen-bond acceptors (Lipinski definition) is 7. The first kappa shape index (κ1) is 26.9. The Bertz CT molecular complexity index is 1450. The third-order valence-corrected chi connectivity index (χ3v) is 5.69. The molecule has 39 heavy (non-hydrogen) atoms. The largest absolute Gasteiger partial charge is 0.497 e. The molecule has 0 aromatic heterocycles. The highest BCUT2D eigenvalue weighted by molar-refractivity contribution is 6.39. The number of carbonyl (C=O) groups excluding carboxylic acids is 4. The van der Waals surface area contributed by atoms with E-state index in [2.05, 4.69) is 10.6 Å². The lowest BCUT2D eigenvalue weighted by Gasteiger charge is -2.26. The van der Waals surface area contributed by atoms with Crippen molar-refractivity contribution in [3.05, 3.63) is 83.4 Å². The molecule has 5 amide bonds. The zero-order valence-electron chi connectivity index (χ0n) is 21.6. The number of anilines is 2. The highest BCUT2D eigenvalue weighted by Crippen LogP contribution is 2.29. The van der Waals surface area contributed by atoms with Crippen molar-refractivity contribution >= 4 is 41.2 Å². The molecule has 10 nitrogen and oxygen atoms in total. The second kappa shape index (κ2) is 12.0. The van der Waals surface area contributed by atoms with Gasteiger partial charge in [0.05, 0.1) is 19.4 Å². The molecular weight excluding hydrogens is 502 g/mol. The Morgan fingerprint density at radius 3 is 2.41 bits per heavy atom. The van der Waals surface area contributed by atoms with Gasteiger partial charge >= 0.3 is 6.03 Å². The third-order valence-electron chi connectivity index (χ3n) is 5.69. The summed E-state index contributed by atoms with van der Waals surface area (Å²) in [5.74, 6) is -0.855. The monoisotopic (exact) mass is 529 g/mol. The Kier molecular flexibility index (Phi) is 8.25. The lowest BCUT2D eigenvalue weighted by Crippen LogP contribution is -2.54. The molecule has 0 atom stereocenters. The first-order valence-corrected chi connectivity index (χ1v) is 12.1. The van der Waals surface area contributed by atoms with Crippen LogP contribution in [-0.4, -0.2) is 44.1 Å². The van der Waals surface area contributed by atoms with Gasteiger partial charge < -0.3 is 19.5 Å². The summed E-state index contributed by atoms with van der Waals surface area (Å²) in [6.07, 6.45) is 1.30. The number of rotatable bonds is 9. The Morgan fingerprint density at radius 2 is 1.72 bits per heavy atom. The van der Waals surface area contributed by atoms with Crippen LogP contribution in [0, 0.1) is 6.92 Å². The molecule has 0 aliphatic carbocycles. The van der Waals surface area contributed by atoms with Crippen molar-refractivity contribution in [1.82, 2.24) is 5.32 Å². The number of benzene rings is 3. The maximum Gasteiger partial charge on any atom is 0.335 e. The van der Waals surface area contributed by atoms with Gasteiger partial charge in [-0.25, -0.2) is 9.69 Å². The minimum absolute atomic E-state index is 0.200. The molecule has 1 saturated heterocycles. The van der Waals surface area contributed by atoms with Gasteiger partial charge in [-0.05, 0) is 74.0 Å². The van der Waals surface area contributed by atoms with Crippen LogP contribution in [0.4, 0.5) is 16.2 Å². The van der Waals surface area contributed by atoms with E-state index in [4.69, 9.17) is 14.2 Å². The number of carbonyl (C=O) groups is 4. The number of amides is 5. The van der Waals surface area contributed by atoms with Crippen molar-refractivity contribution in [1.29, 1.82) is 0 Å². The Labute approximate surface area is 225 Å². The quantitative estimate of drug-likeness (QED) is 0.316. The fourth-order valence-electron chi connectivity index (χ4n) is 3.85. The van der Waals surface area contributed by atoms with Gasteiger partial charge in [-0.15, -0.1) is 0 Å². The molecule has 0 spiro atoms. The predicted octanol–water partition coefficient (Wildman–Crippen LogP) is 4.09. The fourth-order valence-corrected chi connectivity index (χ4v) is 3.85. The smallest absolute Gasteiger partial charge is 0.335 e. The van der Waals surface area contributed by atoms with Gasteiger partial charge in [-0.2, -0.15) is 0 Å². The number of barbiturate groups is 1. The van der Waals surface area contributed by atoms with Crippen molar-refractivity contribution < 1.29 is 33.4 Å². The van der Waals surface area contributed by atoms with E-state index in [1.54, 1.807) is 42.5 Å². The van der Waals surface area contributed by atoms with Crippen LogP contribution in [0.1, 0.15) is 18.1 Å². The summed E-state index contributed by atoms with van der Waals surface area (Å²) >= 11 is 0. The number of hydrogen-bond donors (Lipinski definition) is 2. The Balaban J connectivity index is 1.58. The molecule has 200 valence electrons. The summed E-state index contributed by atoms with van der Waals surface area (Å²) in [6.45, 7) is 3.87. The van der Waals surface area contributed by atoms with E-state index in [1.807, 2.05) is 32.0 Å². The van der Waals surface area contributed by atoms with Crippen LogP contribution in [0.25, 0.3) is 6.08 Å². The Morgan fingerprint density at radius 1 is 0.974 bits per heavy atom.